The number of hydrogen-bond donors (Lipinski definition) is 0. The molecule has 0 bridgehead atoms. The van der Waals surface area contributed by atoms with Crippen LogP contribution < -0.4 is 10.3 Å². The predicted molar refractivity (Wildman–Crippen MR) is 108 cm³/mol. The average molecular weight is 448 g/mol. The second-order valence-electron chi connectivity index (χ2n) is 5.84. The molecule has 0 N–H and O–H groups in total. The first-order chi connectivity index (χ1) is 13.0. The molecule has 0 fully saturated rings. The van der Waals surface area contributed by atoms with Gasteiger partial charge in [-0.05, 0) is 23.8 Å². The molecule has 3 rings (SSSR count). The first-order valence-corrected chi connectivity index (χ1v) is 9.67. The molecule has 0 saturated heterocycles. The summed E-state index contributed by atoms with van der Waals surface area (Å²) < 4.78 is 6.93. The largest absolute Gasteiger partial charge is 0.487 e. The Labute approximate surface area is 169 Å². The standard InChI is InChI=1S/C20H16BrClN2O3/c21-10-14-1-3-15(4-2-14)19(25)12-24-8-7-18(9-20(24)26)27-13-17-6-5-16(22)11-23-17/h1-9,11H,10,12-13H2. The second-order valence-corrected chi connectivity index (χ2v) is 6.84. The van der Waals surface area contributed by atoms with Crippen molar-refractivity contribution in [2.75, 3.05) is 0 Å². The number of ether oxygens (including phenoxy) is 1. The molecule has 2 aromatic heterocycles. The topological polar surface area (TPSA) is 61.2 Å². The van der Waals surface area contributed by atoms with Gasteiger partial charge in [-0.3, -0.25) is 14.6 Å². The maximum Gasteiger partial charge on any atom is 0.254 e. The molecule has 7 heteroatoms. The van der Waals surface area contributed by atoms with Gasteiger partial charge in [0.25, 0.3) is 5.56 Å². The normalized spacial score (nSPS) is 10.6. The molecule has 0 unspecified atom stereocenters. The molecule has 0 radical (unpaired) electrons. The highest BCUT2D eigenvalue weighted by atomic mass is 79.9. The number of aromatic nitrogens is 2. The average Bonchev–Trinajstić information content (AvgIpc) is 2.69. The van der Waals surface area contributed by atoms with E-state index in [1.165, 1.54) is 16.8 Å². The zero-order valence-corrected chi connectivity index (χ0v) is 16.6. The van der Waals surface area contributed by atoms with Crippen LogP contribution in [0.15, 0.2) is 65.7 Å². The van der Waals surface area contributed by atoms with Crippen LogP contribution in [0.3, 0.4) is 0 Å². The van der Waals surface area contributed by atoms with E-state index in [-0.39, 0.29) is 24.5 Å². The molecule has 0 saturated carbocycles. The van der Waals surface area contributed by atoms with Gasteiger partial charge in [0.1, 0.15) is 12.4 Å². The Bertz CT molecular complexity index is 985. The van der Waals surface area contributed by atoms with Crippen molar-refractivity contribution in [2.45, 2.75) is 18.5 Å². The van der Waals surface area contributed by atoms with Crippen LogP contribution in [0.1, 0.15) is 21.6 Å². The number of Topliss-reactive ketones (excluding diaryl/α,β-unsaturated/α-hetero) is 1. The van der Waals surface area contributed by atoms with Crippen molar-refractivity contribution in [1.29, 1.82) is 0 Å². The van der Waals surface area contributed by atoms with E-state index in [0.717, 1.165) is 10.9 Å². The quantitative estimate of drug-likeness (QED) is 0.401. The summed E-state index contributed by atoms with van der Waals surface area (Å²) in [6.07, 6.45) is 3.09. The van der Waals surface area contributed by atoms with Crippen molar-refractivity contribution in [1.82, 2.24) is 9.55 Å². The van der Waals surface area contributed by atoms with E-state index in [0.29, 0.717) is 22.0 Å². The van der Waals surface area contributed by atoms with Crippen molar-refractivity contribution in [2.24, 2.45) is 0 Å². The van der Waals surface area contributed by atoms with E-state index in [9.17, 15) is 9.59 Å². The summed E-state index contributed by atoms with van der Waals surface area (Å²) in [5.74, 6) is 0.291. The van der Waals surface area contributed by atoms with E-state index in [2.05, 4.69) is 20.9 Å². The molecule has 27 heavy (non-hydrogen) atoms. The molecule has 0 aliphatic carbocycles. The highest BCUT2D eigenvalue weighted by Gasteiger charge is 2.09. The van der Waals surface area contributed by atoms with Crippen LogP contribution in [0, 0.1) is 0 Å². The minimum Gasteiger partial charge on any atom is -0.487 e. The number of halogens is 2. The van der Waals surface area contributed by atoms with E-state index < -0.39 is 0 Å². The molecule has 0 atom stereocenters. The number of carbonyl (C=O) groups is 1. The Kier molecular flexibility index (Phi) is 6.42. The van der Waals surface area contributed by atoms with Crippen molar-refractivity contribution in [3.63, 3.8) is 0 Å². The van der Waals surface area contributed by atoms with Gasteiger partial charge in [0.05, 0.1) is 17.3 Å². The molecule has 1 aromatic carbocycles. The van der Waals surface area contributed by atoms with Gasteiger partial charge in [-0.15, -0.1) is 0 Å². The number of rotatable bonds is 7. The third-order valence-corrected chi connectivity index (χ3v) is 4.76. The van der Waals surface area contributed by atoms with Crippen LogP contribution >= 0.6 is 27.5 Å². The number of nitrogens with zero attached hydrogens (tertiary/aromatic N) is 2. The van der Waals surface area contributed by atoms with Crippen molar-refractivity contribution < 1.29 is 9.53 Å². The summed E-state index contributed by atoms with van der Waals surface area (Å²) in [6.45, 7) is 0.199. The Morgan fingerprint density at radius 1 is 1.15 bits per heavy atom. The second kappa shape index (κ2) is 8.97. The highest BCUT2D eigenvalue weighted by molar-refractivity contribution is 9.08. The van der Waals surface area contributed by atoms with E-state index in [4.69, 9.17) is 16.3 Å². The lowest BCUT2D eigenvalue weighted by molar-refractivity contribution is 0.0970. The molecule has 0 amide bonds. The van der Waals surface area contributed by atoms with Gasteiger partial charge < -0.3 is 9.30 Å². The summed E-state index contributed by atoms with van der Waals surface area (Å²) >= 11 is 9.16. The van der Waals surface area contributed by atoms with E-state index in [1.54, 1.807) is 36.5 Å². The zero-order valence-electron chi connectivity index (χ0n) is 14.3. The smallest absolute Gasteiger partial charge is 0.254 e. The zero-order chi connectivity index (χ0) is 19.2. The van der Waals surface area contributed by atoms with Crippen LogP contribution in [0.2, 0.25) is 5.02 Å². The molecular weight excluding hydrogens is 432 g/mol. The van der Waals surface area contributed by atoms with Crippen molar-refractivity contribution >= 4 is 33.3 Å². The lowest BCUT2D eigenvalue weighted by Gasteiger charge is -2.09. The molecule has 2 heterocycles. The number of pyridine rings is 2. The first-order valence-electron chi connectivity index (χ1n) is 8.17. The number of benzene rings is 1. The molecule has 5 nitrogen and oxygen atoms in total. The van der Waals surface area contributed by atoms with Gasteiger partial charge in [0, 0.05) is 29.4 Å². The number of alkyl halides is 1. The Hall–Kier alpha value is -2.44. The van der Waals surface area contributed by atoms with Crippen LogP contribution in [0.5, 0.6) is 5.75 Å². The van der Waals surface area contributed by atoms with Crippen LogP contribution in [-0.2, 0) is 18.5 Å². The maximum absolute atomic E-state index is 12.4. The lowest BCUT2D eigenvalue weighted by Crippen LogP contribution is -2.23. The molecule has 3 aromatic rings. The monoisotopic (exact) mass is 446 g/mol. The van der Waals surface area contributed by atoms with Gasteiger partial charge in [-0.25, -0.2) is 0 Å². The van der Waals surface area contributed by atoms with E-state index in [1.807, 2.05) is 12.1 Å². The first kappa shape index (κ1) is 19.3. The summed E-state index contributed by atoms with van der Waals surface area (Å²) in [4.78, 5) is 28.8. The van der Waals surface area contributed by atoms with Crippen LogP contribution in [-0.4, -0.2) is 15.3 Å². The lowest BCUT2D eigenvalue weighted by atomic mass is 10.1. The molecule has 0 spiro atoms. The summed E-state index contributed by atoms with van der Waals surface area (Å²) in [5, 5.41) is 1.28. The van der Waals surface area contributed by atoms with Crippen molar-refractivity contribution in [3.05, 3.63) is 93.1 Å². The summed E-state index contributed by atoms with van der Waals surface area (Å²) in [6, 6.07) is 13.8. The highest BCUT2D eigenvalue weighted by Crippen LogP contribution is 2.12. The fraction of sp³-hybridized carbons (Fsp3) is 0.150. The van der Waals surface area contributed by atoms with Crippen LogP contribution in [0.25, 0.3) is 0 Å². The minimum absolute atomic E-state index is 0.0223. The molecular formula is C20H16BrClN2O3. The van der Waals surface area contributed by atoms with Gasteiger partial charge >= 0.3 is 0 Å². The van der Waals surface area contributed by atoms with Gasteiger partial charge in [0.2, 0.25) is 0 Å². The van der Waals surface area contributed by atoms with E-state index >= 15 is 0 Å². The SMILES string of the molecule is O=C(Cn1ccc(OCc2ccc(Cl)cn2)cc1=O)c1ccc(CBr)cc1. The summed E-state index contributed by atoms with van der Waals surface area (Å²) in [7, 11) is 0. The molecule has 0 aliphatic rings. The van der Waals surface area contributed by atoms with Crippen LogP contribution in [0.4, 0.5) is 0 Å². The molecule has 0 aliphatic heterocycles. The maximum atomic E-state index is 12.4. The Balaban J connectivity index is 1.64. The Morgan fingerprint density at radius 2 is 1.93 bits per heavy atom. The van der Waals surface area contributed by atoms with Gasteiger partial charge in [0.15, 0.2) is 5.78 Å². The predicted octanol–water partition coefficient (Wildman–Crippen LogP) is 4.25. The molecule has 138 valence electrons. The number of carbonyl (C=O) groups excluding carboxylic acids is 1. The Morgan fingerprint density at radius 3 is 2.56 bits per heavy atom. The summed E-state index contributed by atoms with van der Waals surface area (Å²) in [5.41, 5.74) is 2.05. The van der Waals surface area contributed by atoms with Gasteiger partial charge in [-0.1, -0.05) is 51.8 Å². The fourth-order valence-electron chi connectivity index (χ4n) is 2.38. The van der Waals surface area contributed by atoms with Gasteiger partial charge in [-0.2, -0.15) is 0 Å². The number of ketones is 1. The number of hydrogen-bond acceptors (Lipinski definition) is 4. The third kappa shape index (κ3) is 5.28. The van der Waals surface area contributed by atoms with Crippen molar-refractivity contribution in [3.8, 4) is 5.75 Å². The third-order valence-electron chi connectivity index (χ3n) is 3.89. The minimum atomic E-state index is -0.304. The fourth-order valence-corrected chi connectivity index (χ4v) is 2.87.